The van der Waals surface area contributed by atoms with Gasteiger partial charge in [0.05, 0.1) is 18.7 Å². The molecule has 1 unspecified atom stereocenters. The molecule has 0 aromatic heterocycles. The van der Waals surface area contributed by atoms with Gasteiger partial charge in [0, 0.05) is 18.0 Å². The Hall–Kier alpha value is -0.930. The normalized spacial score (nSPS) is 15.7. The lowest BCUT2D eigenvalue weighted by molar-refractivity contribution is 0.326. The number of hydrogen-bond acceptors (Lipinski definition) is 3. The predicted octanol–water partition coefficient (Wildman–Crippen LogP) is 2.30. The second-order valence-corrected chi connectivity index (χ2v) is 4.05. The average Bonchev–Trinajstić information content (AvgIpc) is 2.67. The van der Waals surface area contributed by atoms with Crippen LogP contribution in [0.25, 0.3) is 0 Å². The number of ether oxygens (including phenoxy) is 2. The molecule has 3 nitrogen and oxygen atoms in total. The summed E-state index contributed by atoms with van der Waals surface area (Å²) in [5, 5.41) is 0.721. The molecule has 1 aliphatic rings. The molecule has 1 heterocycles. The van der Waals surface area contributed by atoms with E-state index in [1.807, 2.05) is 13.0 Å². The van der Waals surface area contributed by atoms with E-state index in [4.69, 9.17) is 26.8 Å². The third-order valence-corrected chi connectivity index (χ3v) is 3.06. The minimum atomic E-state index is -0.0997. The zero-order valence-corrected chi connectivity index (χ0v) is 9.60. The molecule has 0 bridgehead atoms. The molecule has 1 aromatic rings. The summed E-state index contributed by atoms with van der Waals surface area (Å²) in [5.74, 6) is 1.49. The third kappa shape index (κ3) is 1.66. The van der Waals surface area contributed by atoms with E-state index in [-0.39, 0.29) is 6.04 Å². The van der Waals surface area contributed by atoms with E-state index in [1.165, 1.54) is 0 Å². The van der Waals surface area contributed by atoms with Gasteiger partial charge >= 0.3 is 0 Å². The average molecular weight is 228 g/mol. The number of fused-ring (bicyclic) bond motifs is 1. The van der Waals surface area contributed by atoms with Crippen LogP contribution in [0, 0.1) is 0 Å². The first-order valence-electron chi connectivity index (χ1n) is 4.92. The van der Waals surface area contributed by atoms with Gasteiger partial charge in [-0.05, 0) is 18.6 Å². The molecule has 1 aliphatic heterocycles. The summed E-state index contributed by atoms with van der Waals surface area (Å²) in [6, 6.07) is 1.76. The number of benzene rings is 1. The molecule has 0 saturated heterocycles. The highest BCUT2D eigenvalue weighted by atomic mass is 35.5. The Morgan fingerprint density at radius 2 is 2.33 bits per heavy atom. The maximum absolute atomic E-state index is 6.26. The molecule has 4 heteroatoms. The second kappa shape index (κ2) is 3.91. The van der Waals surface area contributed by atoms with Gasteiger partial charge in [-0.25, -0.2) is 0 Å². The summed E-state index contributed by atoms with van der Waals surface area (Å²) in [6.07, 6.45) is 0.824. The monoisotopic (exact) mass is 227 g/mol. The number of halogens is 1. The molecular formula is C11H14ClNO2. The quantitative estimate of drug-likeness (QED) is 0.843. The summed E-state index contributed by atoms with van der Waals surface area (Å²) in [6.45, 7) is 2.57. The smallest absolute Gasteiger partial charge is 0.165 e. The maximum atomic E-state index is 6.26. The zero-order valence-electron chi connectivity index (χ0n) is 8.84. The maximum Gasteiger partial charge on any atom is 0.165 e. The van der Waals surface area contributed by atoms with Gasteiger partial charge in [-0.15, -0.1) is 0 Å². The molecule has 0 saturated carbocycles. The molecular weight excluding hydrogens is 214 g/mol. The fraction of sp³-hybridized carbons (Fsp3) is 0.455. The van der Waals surface area contributed by atoms with Crippen molar-refractivity contribution < 1.29 is 9.47 Å². The van der Waals surface area contributed by atoms with Crippen LogP contribution < -0.4 is 15.2 Å². The molecule has 2 N–H and O–H groups in total. The summed E-state index contributed by atoms with van der Waals surface area (Å²) in [5.41, 5.74) is 7.78. The van der Waals surface area contributed by atoms with Gasteiger partial charge < -0.3 is 15.2 Å². The molecule has 0 aliphatic carbocycles. The number of hydrogen-bond donors (Lipinski definition) is 1. The van der Waals surface area contributed by atoms with Crippen LogP contribution in [-0.2, 0) is 6.42 Å². The van der Waals surface area contributed by atoms with Crippen LogP contribution in [0.15, 0.2) is 6.07 Å². The van der Waals surface area contributed by atoms with Crippen molar-refractivity contribution in [2.24, 2.45) is 5.73 Å². The van der Waals surface area contributed by atoms with Gasteiger partial charge in [0.25, 0.3) is 0 Å². The van der Waals surface area contributed by atoms with Gasteiger partial charge in [0.1, 0.15) is 0 Å². The molecule has 82 valence electrons. The van der Waals surface area contributed by atoms with Crippen LogP contribution in [0.1, 0.15) is 24.1 Å². The van der Waals surface area contributed by atoms with E-state index in [0.717, 1.165) is 34.1 Å². The van der Waals surface area contributed by atoms with E-state index in [1.54, 1.807) is 7.11 Å². The van der Waals surface area contributed by atoms with Crippen molar-refractivity contribution in [2.75, 3.05) is 13.7 Å². The first-order valence-corrected chi connectivity index (χ1v) is 5.30. The van der Waals surface area contributed by atoms with Crippen molar-refractivity contribution >= 4 is 11.6 Å². The lowest BCUT2D eigenvalue weighted by Crippen LogP contribution is -2.07. The Labute approximate surface area is 94.1 Å². The second-order valence-electron chi connectivity index (χ2n) is 3.68. The van der Waals surface area contributed by atoms with Crippen LogP contribution in [-0.4, -0.2) is 13.7 Å². The lowest BCUT2D eigenvalue weighted by atomic mass is 10.0. The minimum absolute atomic E-state index is 0.0997. The van der Waals surface area contributed by atoms with Crippen molar-refractivity contribution in [3.63, 3.8) is 0 Å². The van der Waals surface area contributed by atoms with Gasteiger partial charge in [-0.3, -0.25) is 0 Å². The Kier molecular flexibility index (Phi) is 2.76. The van der Waals surface area contributed by atoms with Crippen LogP contribution in [0.5, 0.6) is 11.5 Å². The van der Waals surface area contributed by atoms with Gasteiger partial charge in [0.2, 0.25) is 0 Å². The fourth-order valence-corrected chi connectivity index (χ4v) is 2.22. The lowest BCUT2D eigenvalue weighted by Gasteiger charge is -2.14. The van der Waals surface area contributed by atoms with Gasteiger partial charge in [-0.1, -0.05) is 11.6 Å². The van der Waals surface area contributed by atoms with Crippen molar-refractivity contribution in [2.45, 2.75) is 19.4 Å². The highest BCUT2D eigenvalue weighted by molar-refractivity contribution is 6.32. The summed E-state index contributed by atoms with van der Waals surface area (Å²) in [4.78, 5) is 0. The van der Waals surface area contributed by atoms with E-state index in [2.05, 4.69) is 0 Å². The Morgan fingerprint density at radius 3 is 2.93 bits per heavy atom. The Morgan fingerprint density at radius 1 is 1.60 bits per heavy atom. The zero-order chi connectivity index (χ0) is 11.0. The summed E-state index contributed by atoms with van der Waals surface area (Å²) in [7, 11) is 1.62. The standard InChI is InChI=1S/C11H14ClNO2/c1-6(13)8-5-9(14-2)11-7(10(8)12)3-4-15-11/h5-6H,3-4,13H2,1-2H3. The summed E-state index contributed by atoms with van der Waals surface area (Å²) < 4.78 is 10.7. The number of rotatable bonds is 2. The Bertz CT molecular complexity index is 391. The van der Waals surface area contributed by atoms with Gasteiger partial charge in [0.15, 0.2) is 11.5 Å². The van der Waals surface area contributed by atoms with E-state index in [0.29, 0.717) is 6.61 Å². The van der Waals surface area contributed by atoms with Crippen molar-refractivity contribution in [3.8, 4) is 11.5 Å². The number of methoxy groups -OCH3 is 1. The van der Waals surface area contributed by atoms with E-state index < -0.39 is 0 Å². The van der Waals surface area contributed by atoms with Crippen LogP contribution in [0.2, 0.25) is 5.02 Å². The van der Waals surface area contributed by atoms with Gasteiger partial charge in [-0.2, -0.15) is 0 Å². The first-order chi connectivity index (χ1) is 7.15. The SMILES string of the molecule is COc1cc(C(C)N)c(Cl)c2c1OCC2. The van der Waals surface area contributed by atoms with Crippen LogP contribution >= 0.6 is 11.6 Å². The first kappa shape index (κ1) is 10.6. The number of nitrogens with two attached hydrogens (primary N) is 1. The molecule has 0 amide bonds. The molecule has 0 fully saturated rings. The predicted molar refractivity (Wildman–Crippen MR) is 59.8 cm³/mol. The molecule has 0 radical (unpaired) electrons. The molecule has 1 aromatic carbocycles. The molecule has 1 atom stereocenters. The van der Waals surface area contributed by atoms with Crippen molar-refractivity contribution in [3.05, 3.63) is 22.2 Å². The minimum Gasteiger partial charge on any atom is -0.493 e. The molecule has 15 heavy (non-hydrogen) atoms. The fourth-order valence-electron chi connectivity index (χ4n) is 1.81. The summed E-state index contributed by atoms with van der Waals surface area (Å²) >= 11 is 6.26. The third-order valence-electron chi connectivity index (χ3n) is 2.61. The van der Waals surface area contributed by atoms with Crippen molar-refractivity contribution in [1.29, 1.82) is 0 Å². The van der Waals surface area contributed by atoms with E-state index in [9.17, 15) is 0 Å². The van der Waals surface area contributed by atoms with E-state index >= 15 is 0 Å². The molecule has 0 spiro atoms. The largest absolute Gasteiger partial charge is 0.493 e. The Balaban J connectivity index is 2.61. The van der Waals surface area contributed by atoms with Crippen molar-refractivity contribution in [1.82, 2.24) is 0 Å². The highest BCUT2D eigenvalue weighted by Crippen LogP contribution is 2.43. The highest BCUT2D eigenvalue weighted by Gasteiger charge is 2.24. The molecule has 2 rings (SSSR count). The van der Waals surface area contributed by atoms with Crippen LogP contribution in [0.4, 0.5) is 0 Å². The van der Waals surface area contributed by atoms with Crippen LogP contribution in [0.3, 0.4) is 0 Å². The topological polar surface area (TPSA) is 44.5 Å².